The minimum Gasteiger partial charge on any atom is -0.381 e. The average molecular weight is 437 g/mol. The number of carbonyl (C=O) groups is 2. The number of hydrogen-bond acceptors (Lipinski definition) is 6. The number of anilines is 1. The van der Waals surface area contributed by atoms with Crippen molar-refractivity contribution in [3.63, 3.8) is 0 Å². The van der Waals surface area contributed by atoms with E-state index in [2.05, 4.69) is 34.8 Å². The Bertz CT molecular complexity index is 957. The molecule has 170 valence electrons. The van der Waals surface area contributed by atoms with Gasteiger partial charge < -0.3 is 25.8 Å². The molecule has 32 heavy (non-hydrogen) atoms. The smallest absolute Gasteiger partial charge is 0.255 e. The zero-order valence-corrected chi connectivity index (χ0v) is 18.8. The van der Waals surface area contributed by atoms with Crippen LogP contribution in [0.1, 0.15) is 46.3 Å². The first-order valence-electron chi connectivity index (χ1n) is 11.4. The molecule has 0 bridgehead atoms. The Morgan fingerprint density at radius 1 is 0.969 bits per heavy atom. The maximum atomic E-state index is 13.8. The Morgan fingerprint density at radius 3 is 2.38 bits per heavy atom. The zero-order chi connectivity index (χ0) is 22.5. The number of hydrogen-bond donors (Lipinski definition) is 3. The van der Waals surface area contributed by atoms with Crippen LogP contribution in [0.3, 0.4) is 0 Å². The summed E-state index contributed by atoms with van der Waals surface area (Å²) >= 11 is 0. The molecule has 0 aliphatic carbocycles. The molecule has 2 aliphatic rings. The minimum atomic E-state index is -0.221. The molecule has 1 aromatic carbocycles. The Morgan fingerprint density at radius 2 is 1.66 bits per heavy atom. The average Bonchev–Trinajstić information content (AvgIpc) is 2.84. The highest BCUT2D eigenvalue weighted by molar-refractivity contribution is 6.07. The lowest BCUT2D eigenvalue weighted by molar-refractivity contribution is 0.0617. The van der Waals surface area contributed by atoms with Gasteiger partial charge in [0.15, 0.2) is 0 Å². The van der Waals surface area contributed by atoms with E-state index in [1.807, 2.05) is 34.1 Å². The molecule has 4 rings (SSSR count). The second kappa shape index (κ2) is 10.1. The van der Waals surface area contributed by atoms with Crippen molar-refractivity contribution in [2.24, 2.45) is 0 Å². The third kappa shape index (κ3) is 4.76. The van der Waals surface area contributed by atoms with Crippen LogP contribution in [-0.2, 0) is 0 Å². The molecule has 3 heterocycles. The van der Waals surface area contributed by atoms with Gasteiger partial charge in [0, 0.05) is 58.1 Å². The van der Waals surface area contributed by atoms with Gasteiger partial charge in [0.1, 0.15) is 0 Å². The first-order chi connectivity index (χ1) is 15.6. The molecule has 1 atom stereocenters. The maximum absolute atomic E-state index is 13.8. The summed E-state index contributed by atoms with van der Waals surface area (Å²) in [5.41, 5.74) is 2.70. The molecule has 2 aliphatic heterocycles. The van der Waals surface area contributed by atoms with Crippen LogP contribution in [0, 0.1) is 0 Å². The van der Waals surface area contributed by atoms with Crippen LogP contribution in [0.25, 0.3) is 0 Å². The SMILES string of the molecule is CC(C)Nc1cccnc1C1CNCCN1C(=O)c1ccccc1C(=O)N1CCNCC1. The fourth-order valence-corrected chi connectivity index (χ4v) is 4.36. The van der Waals surface area contributed by atoms with Crippen LogP contribution in [0.15, 0.2) is 42.6 Å². The standard InChI is InChI=1S/C24H32N6O2/c1-17(2)28-20-8-5-9-27-22(20)21-16-26-12-15-30(21)24(32)19-7-4-3-6-18(19)23(31)29-13-10-25-11-14-29/h3-9,17,21,25-26,28H,10-16H2,1-2H3. The highest BCUT2D eigenvalue weighted by Gasteiger charge is 2.33. The van der Waals surface area contributed by atoms with Gasteiger partial charge in [-0.3, -0.25) is 14.6 Å². The predicted molar refractivity (Wildman–Crippen MR) is 125 cm³/mol. The van der Waals surface area contributed by atoms with Crippen molar-refractivity contribution in [1.29, 1.82) is 0 Å². The summed E-state index contributed by atoms with van der Waals surface area (Å²) in [5, 5.41) is 10.1. The van der Waals surface area contributed by atoms with Gasteiger partial charge in [-0.2, -0.15) is 0 Å². The molecule has 1 unspecified atom stereocenters. The summed E-state index contributed by atoms with van der Waals surface area (Å²) in [5.74, 6) is -0.209. The van der Waals surface area contributed by atoms with Crippen molar-refractivity contribution < 1.29 is 9.59 Å². The van der Waals surface area contributed by atoms with E-state index in [1.165, 1.54) is 0 Å². The van der Waals surface area contributed by atoms with Gasteiger partial charge in [0.25, 0.3) is 11.8 Å². The van der Waals surface area contributed by atoms with Crippen LogP contribution < -0.4 is 16.0 Å². The molecule has 0 radical (unpaired) electrons. The van der Waals surface area contributed by atoms with Gasteiger partial charge in [0.2, 0.25) is 0 Å². The van der Waals surface area contributed by atoms with Crippen molar-refractivity contribution in [1.82, 2.24) is 25.4 Å². The summed E-state index contributed by atoms with van der Waals surface area (Å²) in [4.78, 5) is 35.3. The molecular formula is C24H32N6O2. The zero-order valence-electron chi connectivity index (χ0n) is 18.8. The summed E-state index contributed by atoms with van der Waals surface area (Å²) in [6.07, 6.45) is 1.76. The van der Waals surface area contributed by atoms with E-state index in [-0.39, 0.29) is 23.9 Å². The Balaban J connectivity index is 1.65. The number of rotatable bonds is 5. The van der Waals surface area contributed by atoms with Gasteiger partial charge in [-0.1, -0.05) is 12.1 Å². The van der Waals surface area contributed by atoms with Crippen LogP contribution in [0.2, 0.25) is 0 Å². The van der Waals surface area contributed by atoms with E-state index < -0.39 is 0 Å². The molecule has 2 fully saturated rings. The van der Waals surface area contributed by atoms with Crippen molar-refractivity contribution in [2.45, 2.75) is 25.9 Å². The molecule has 3 N–H and O–H groups in total. The number of piperazine rings is 2. The normalized spacial score (nSPS) is 19.2. The number of aromatic nitrogens is 1. The van der Waals surface area contributed by atoms with E-state index in [4.69, 9.17) is 0 Å². The number of nitrogens with one attached hydrogen (secondary N) is 3. The molecule has 8 heteroatoms. The van der Waals surface area contributed by atoms with Gasteiger partial charge in [-0.25, -0.2) is 0 Å². The summed E-state index contributed by atoms with van der Waals surface area (Å²) < 4.78 is 0. The van der Waals surface area contributed by atoms with Gasteiger partial charge in [0.05, 0.1) is 28.6 Å². The molecule has 0 spiro atoms. The van der Waals surface area contributed by atoms with Crippen molar-refractivity contribution in [3.05, 3.63) is 59.4 Å². The number of amides is 2. The van der Waals surface area contributed by atoms with E-state index in [0.29, 0.717) is 43.9 Å². The van der Waals surface area contributed by atoms with E-state index >= 15 is 0 Å². The molecule has 2 saturated heterocycles. The summed E-state index contributed by atoms with van der Waals surface area (Å²) in [7, 11) is 0. The molecule has 2 aromatic rings. The van der Waals surface area contributed by atoms with Crippen LogP contribution >= 0.6 is 0 Å². The molecule has 8 nitrogen and oxygen atoms in total. The lowest BCUT2D eigenvalue weighted by atomic mass is 10.0. The summed E-state index contributed by atoms with van der Waals surface area (Å²) in [6, 6.07) is 11.1. The second-order valence-corrected chi connectivity index (χ2v) is 8.54. The third-order valence-corrected chi connectivity index (χ3v) is 5.89. The number of benzene rings is 1. The molecule has 1 aromatic heterocycles. The fraction of sp³-hybridized carbons (Fsp3) is 0.458. The van der Waals surface area contributed by atoms with Crippen LogP contribution in [-0.4, -0.2) is 78.5 Å². The predicted octanol–water partition coefficient (Wildman–Crippen LogP) is 1.73. The topological polar surface area (TPSA) is 89.6 Å². The largest absolute Gasteiger partial charge is 0.381 e. The Kier molecular flexibility index (Phi) is 7.02. The first kappa shape index (κ1) is 22.2. The maximum Gasteiger partial charge on any atom is 0.255 e. The van der Waals surface area contributed by atoms with Crippen molar-refractivity contribution in [3.8, 4) is 0 Å². The Labute approximate surface area is 189 Å². The van der Waals surface area contributed by atoms with Crippen molar-refractivity contribution in [2.75, 3.05) is 51.1 Å². The molecular weight excluding hydrogens is 404 g/mol. The monoisotopic (exact) mass is 436 g/mol. The molecule has 2 amide bonds. The quantitative estimate of drug-likeness (QED) is 0.662. The third-order valence-electron chi connectivity index (χ3n) is 5.89. The van der Waals surface area contributed by atoms with Crippen LogP contribution in [0.5, 0.6) is 0 Å². The van der Waals surface area contributed by atoms with Gasteiger partial charge >= 0.3 is 0 Å². The van der Waals surface area contributed by atoms with Crippen LogP contribution in [0.4, 0.5) is 5.69 Å². The van der Waals surface area contributed by atoms with E-state index in [0.717, 1.165) is 24.5 Å². The highest BCUT2D eigenvalue weighted by Crippen LogP contribution is 2.29. The first-order valence-corrected chi connectivity index (χ1v) is 11.4. The van der Waals surface area contributed by atoms with Crippen molar-refractivity contribution >= 4 is 17.5 Å². The highest BCUT2D eigenvalue weighted by atomic mass is 16.2. The van der Waals surface area contributed by atoms with Gasteiger partial charge in [-0.05, 0) is 38.1 Å². The lowest BCUT2D eigenvalue weighted by Gasteiger charge is -2.37. The van der Waals surface area contributed by atoms with Gasteiger partial charge in [-0.15, -0.1) is 0 Å². The number of pyridine rings is 1. The number of nitrogens with zero attached hydrogens (tertiary/aromatic N) is 3. The lowest BCUT2D eigenvalue weighted by Crippen LogP contribution is -2.50. The fourth-order valence-electron chi connectivity index (χ4n) is 4.36. The summed E-state index contributed by atoms with van der Waals surface area (Å²) in [6.45, 7) is 8.87. The molecule has 0 saturated carbocycles. The number of carbonyl (C=O) groups excluding carboxylic acids is 2. The Hall–Kier alpha value is -2.97. The second-order valence-electron chi connectivity index (χ2n) is 8.54. The van der Waals surface area contributed by atoms with E-state index in [1.54, 1.807) is 18.3 Å². The van der Waals surface area contributed by atoms with E-state index in [9.17, 15) is 9.59 Å². The minimum absolute atomic E-state index is 0.0814.